The topological polar surface area (TPSA) is 180 Å². The van der Waals surface area contributed by atoms with Crippen LogP contribution in [0.15, 0.2) is 16.8 Å². The van der Waals surface area contributed by atoms with Gasteiger partial charge in [0.05, 0.1) is 18.7 Å². The number of aliphatic imine (C=N–C) groups is 1. The van der Waals surface area contributed by atoms with Crippen LogP contribution in [-0.2, 0) is 14.3 Å². The Morgan fingerprint density at radius 2 is 2.13 bits per heavy atom. The Morgan fingerprint density at radius 1 is 1.52 bits per heavy atom. The standard InChI is InChI=1S/C12H19FN4O6/c1-4(19)16-8-6(17-12(14)15)2-7(11(21)22)23-10(8)9(20)5(13)3-18/h2,5-6,8-10,18,20H,3H2,1H3,(H,16,19)(H,21,22)(H4,14,15,17)/t5-,6+,8-,9-,10-/m1/s1. The van der Waals surface area contributed by atoms with Crippen molar-refractivity contribution in [2.45, 2.75) is 37.4 Å². The van der Waals surface area contributed by atoms with E-state index >= 15 is 0 Å². The normalized spacial score (nSPS) is 26.3. The minimum absolute atomic E-state index is 0.402. The van der Waals surface area contributed by atoms with Gasteiger partial charge in [-0.1, -0.05) is 0 Å². The second-order valence-electron chi connectivity index (χ2n) is 4.88. The molecule has 1 rings (SSSR count). The number of carboxylic acids is 1. The van der Waals surface area contributed by atoms with E-state index in [2.05, 4.69) is 10.3 Å². The zero-order valence-corrected chi connectivity index (χ0v) is 12.2. The molecule has 23 heavy (non-hydrogen) atoms. The van der Waals surface area contributed by atoms with Crippen LogP contribution in [0.5, 0.6) is 0 Å². The fourth-order valence-electron chi connectivity index (χ4n) is 2.12. The first-order chi connectivity index (χ1) is 10.7. The molecule has 1 heterocycles. The van der Waals surface area contributed by atoms with Gasteiger partial charge in [0, 0.05) is 6.92 Å². The van der Waals surface area contributed by atoms with Crippen LogP contribution in [-0.4, -0.2) is 70.2 Å². The Labute approximate surface area is 130 Å². The predicted octanol–water partition coefficient (Wildman–Crippen LogP) is -2.81. The van der Waals surface area contributed by atoms with Crippen molar-refractivity contribution in [3.8, 4) is 0 Å². The number of nitrogens with one attached hydrogen (secondary N) is 1. The van der Waals surface area contributed by atoms with Crippen molar-refractivity contribution in [2.75, 3.05) is 6.61 Å². The molecule has 1 aliphatic rings. The number of halogens is 1. The van der Waals surface area contributed by atoms with Gasteiger partial charge in [-0.2, -0.15) is 0 Å². The third kappa shape index (κ3) is 4.79. The summed E-state index contributed by atoms with van der Waals surface area (Å²) in [6, 6.07) is -2.24. The number of carbonyl (C=O) groups is 2. The molecule has 0 radical (unpaired) electrons. The second kappa shape index (κ2) is 7.74. The Hall–Kier alpha value is -2.40. The molecule has 0 saturated carbocycles. The molecule has 0 saturated heterocycles. The number of rotatable bonds is 6. The van der Waals surface area contributed by atoms with Crippen molar-refractivity contribution in [2.24, 2.45) is 16.5 Å². The van der Waals surface area contributed by atoms with Crippen LogP contribution in [0.2, 0.25) is 0 Å². The van der Waals surface area contributed by atoms with Gasteiger partial charge in [0.2, 0.25) is 11.7 Å². The number of aliphatic hydroxyl groups is 2. The smallest absolute Gasteiger partial charge is 0.370 e. The maximum absolute atomic E-state index is 13.6. The van der Waals surface area contributed by atoms with Gasteiger partial charge in [0.1, 0.15) is 6.10 Å². The molecule has 0 unspecified atom stereocenters. The average molecular weight is 334 g/mol. The van der Waals surface area contributed by atoms with Gasteiger partial charge in [-0.25, -0.2) is 14.2 Å². The predicted molar refractivity (Wildman–Crippen MR) is 75.8 cm³/mol. The van der Waals surface area contributed by atoms with Gasteiger partial charge in [-0.3, -0.25) is 4.79 Å². The summed E-state index contributed by atoms with van der Waals surface area (Å²) in [4.78, 5) is 26.2. The van der Waals surface area contributed by atoms with Crippen molar-refractivity contribution >= 4 is 17.8 Å². The van der Waals surface area contributed by atoms with E-state index < -0.39 is 60.7 Å². The largest absolute Gasteiger partial charge is 0.478 e. The summed E-state index contributed by atoms with van der Waals surface area (Å²) in [5.74, 6) is -3.06. The molecule has 0 aromatic heterocycles. The fourth-order valence-corrected chi connectivity index (χ4v) is 2.12. The monoisotopic (exact) mass is 334 g/mol. The lowest BCUT2D eigenvalue weighted by Crippen LogP contribution is -2.59. The first kappa shape index (κ1) is 18.6. The molecule has 1 amide bonds. The summed E-state index contributed by atoms with van der Waals surface area (Å²) in [5.41, 5.74) is 10.5. The highest BCUT2D eigenvalue weighted by molar-refractivity contribution is 5.85. The molecule has 11 heteroatoms. The Morgan fingerprint density at radius 3 is 2.57 bits per heavy atom. The lowest BCUT2D eigenvalue weighted by molar-refractivity contribution is -0.143. The fraction of sp³-hybridized carbons (Fsp3) is 0.583. The van der Waals surface area contributed by atoms with Gasteiger partial charge < -0.3 is 36.8 Å². The summed E-state index contributed by atoms with van der Waals surface area (Å²) in [5, 5.41) is 30.2. The first-order valence-electron chi connectivity index (χ1n) is 6.58. The molecule has 0 aromatic carbocycles. The highest BCUT2D eigenvalue weighted by atomic mass is 19.1. The van der Waals surface area contributed by atoms with Crippen molar-refractivity contribution in [1.82, 2.24) is 5.32 Å². The highest BCUT2D eigenvalue weighted by Gasteiger charge is 2.44. The summed E-state index contributed by atoms with van der Waals surface area (Å²) in [7, 11) is 0. The molecule has 0 bridgehead atoms. The van der Waals surface area contributed by atoms with Crippen LogP contribution in [0.1, 0.15) is 6.92 Å². The third-order valence-corrected chi connectivity index (χ3v) is 3.07. The maximum atomic E-state index is 13.6. The molecule has 8 N–H and O–H groups in total. The van der Waals surface area contributed by atoms with Crippen molar-refractivity contribution in [1.29, 1.82) is 0 Å². The lowest BCUT2D eigenvalue weighted by atomic mass is 9.92. The Bertz CT molecular complexity index is 522. The quantitative estimate of drug-likeness (QED) is 0.222. The molecule has 130 valence electrons. The minimum Gasteiger partial charge on any atom is -0.478 e. The van der Waals surface area contributed by atoms with Gasteiger partial charge >= 0.3 is 5.97 Å². The number of carboxylic acid groups (broad SMARTS) is 1. The maximum Gasteiger partial charge on any atom is 0.370 e. The van der Waals surface area contributed by atoms with Gasteiger partial charge in [0.25, 0.3) is 0 Å². The summed E-state index contributed by atoms with van der Waals surface area (Å²) in [6.07, 6.45) is -4.54. The molecule has 0 spiro atoms. The summed E-state index contributed by atoms with van der Waals surface area (Å²) >= 11 is 0. The molecule has 10 nitrogen and oxygen atoms in total. The number of guanidine groups is 1. The number of nitrogens with zero attached hydrogens (tertiary/aromatic N) is 1. The van der Waals surface area contributed by atoms with E-state index in [-0.39, 0.29) is 0 Å². The zero-order valence-electron chi connectivity index (χ0n) is 12.2. The summed E-state index contributed by atoms with van der Waals surface area (Å²) in [6.45, 7) is 0.137. The number of hydrogen-bond donors (Lipinski definition) is 6. The average Bonchev–Trinajstić information content (AvgIpc) is 2.45. The second-order valence-corrected chi connectivity index (χ2v) is 4.88. The van der Waals surface area contributed by atoms with Gasteiger partial charge in [0.15, 0.2) is 18.2 Å². The van der Waals surface area contributed by atoms with E-state index in [1.807, 2.05) is 0 Å². The minimum atomic E-state index is -2.12. The van der Waals surface area contributed by atoms with Gasteiger partial charge in [-0.15, -0.1) is 0 Å². The van der Waals surface area contributed by atoms with E-state index in [4.69, 9.17) is 26.4 Å². The van der Waals surface area contributed by atoms with E-state index in [0.717, 1.165) is 13.0 Å². The number of ether oxygens (including phenoxy) is 1. The van der Waals surface area contributed by atoms with Crippen LogP contribution in [0.3, 0.4) is 0 Å². The molecular formula is C12H19FN4O6. The zero-order chi connectivity index (χ0) is 17.7. The van der Waals surface area contributed by atoms with E-state index in [9.17, 15) is 19.1 Å². The van der Waals surface area contributed by atoms with Crippen LogP contribution >= 0.6 is 0 Å². The number of aliphatic hydroxyl groups excluding tert-OH is 2. The highest BCUT2D eigenvalue weighted by Crippen LogP contribution is 2.25. The summed E-state index contributed by atoms with van der Waals surface area (Å²) < 4.78 is 18.6. The van der Waals surface area contributed by atoms with Crippen molar-refractivity contribution in [3.63, 3.8) is 0 Å². The van der Waals surface area contributed by atoms with E-state index in [1.54, 1.807) is 0 Å². The number of alkyl halides is 1. The van der Waals surface area contributed by atoms with E-state index in [1.165, 1.54) is 0 Å². The molecule has 0 aromatic rings. The molecule has 1 aliphatic heterocycles. The number of hydrogen-bond acceptors (Lipinski definition) is 6. The number of carbonyl (C=O) groups excluding carboxylic acids is 1. The van der Waals surface area contributed by atoms with Crippen molar-refractivity contribution in [3.05, 3.63) is 11.8 Å². The molecule has 5 atom stereocenters. The first-order valence-corrected chi connectivity index (χ1v) is 6.58. The van der Waals surface area contributed by atoms with E-state index in [0.29, 0.717) is 0 Å². The van der Waals surface area contributed by atoms with Crippen molar-refractivity contribution < 1.29 is 34.0 Å². The SMILES string of the molecule is CC(=O)N[C@H]1[C@H]([C@H](O)[C@H](F)CO)OC(C(=O)O)=C[C@@H]1N=C(N)N. The van der Waals surface area contributed by atoms with Crippen LogP contribution < -0.4 is 16.8 Å². The Balaban J connectivity index is 3.28. The lowest BCUT2D eigenvalue weighted by Gasteiger charge is -2.38. The van der Waals surface area contributed by atoms with Gasteiger partial charge in [-0.05, 0) is 6.08 Å². The molecule has 0 fully saturated rings. The van der Waals surface area contributed by atoms with Crippen LogP contribution in [0.25, 0.3) is 0 Å². The molecule has 0 aliphatic carbocycles. The van der Waals surface area contributed by atoms with Crippen LogP contribution in [0, 0.1) is 0 Å². The third-order valence-electron chi connectivity index (χ3n) is 3.07. The number of amides is 1. The number of aliphatic carboxylic acids is 1. The number of nitrogens with two attached hydrogens (primary N) is 2. The molecular weight excluding hydrogens is 315 g/mol. The van der Waals surface area contributed by atoms with Crippen LogP contribution in [0.4, 0.5) is 4.39 Å². The Kier molecular flexibility index (Phi) is 6.28.